The zero-order chi connectivity index (χ0) is 18.6. The summed E-state index contributed by atoms with van der Waals surface area (Å²) in [4.78, 5) is 38.9. The van der Waals surface area contributed by atoms with Crippen molar-refractivity contribution in [2.75, 3.05) is 12.3 Å². The van der Waals surface area contributed by atoms with E-state index in [2.05, 4.69) is 15.0 Å². The Morgan fingerprint density at radius 1 is 1.56 bits per heavy atom. The van der Waals surface area contributed by atoms with Crippen LogP contribution in [0.25, 0.3) is 11.2 Å². The van der Waals surface area contributed by atoms with Crippen molar-refractivity contribution in [3.8, 4) is 0 Å². The summed E-state index contributed by atoms with van der Waals surface area (Å²) in [5, 5.41) is 0. The van der Waals surface area contributed by atoms with Crippen LogP contribution in [0.2, 0.25) is 0 Å². The number of hydrogen-bond acceptors (Lipinski definition) is 6. The molecular weight excluding hydrogens is 370 g/mol. The molecule has 14 heteroatoms. The lowest BCUT2D eigenvalue weighted by atomic mass is 10.0. The van der Waals surface area contributed by atoms with Crippen LogP contribution in [0.4, 0.5) is 19.1 Å². The summed E-state index contributed by atoms with van der Waals surface area (Å²) in [7, 11) is -5.82. The first-order valence-corrected chi connectivity index (χ1v) is 8.49. The molecule has 10 nitrogen and oxygen atoms in total. The monoisotopic (exact) mass is 383 g/mol. The van der Waals surface area contributed by atoms with Crippen molar-refractivity contribution >= 4 is 24.7 Å². The van der Waals surface area contributed by atoms with Crippen molar-refractivity contribution in [1.82, 2.24) is 19.5 Å². The number of halogens is 3. The first-order valence-electron chi connectivity index (χ1n) is 6.88. The molecule has 2 aromatic rings. The second-order valence-electron chi connectivity index (χ2n) is 5.78. The number of rotatable bonds is 4. The minimum atomic E-state index is -5.82. The van der Waals surface area contributed by atoms with E-state index in [1.165, 1.54) is 0 Å². The number of nitrogen functional groups attached to an aromatic ring is 1. The number of aromatic nitrogens is 4. The molecule has 2 atom stereocenters. The van der Waals surface area contributed by atoms with Crippen LogP contribution in [0.15, 0.2) is 11.1 Å². The number of ether oxygens (including phenoxy) is 1. The fourth-order valence-electron chi connectivity index (χ4n) is 2.62. The highest BCUT2D eigenvalue weighted by Crippen LogP contribution is 2.58. The highest BCUT2D eigenvalue weighted by molar-refractivity contribution is 7.53. The van der Waals surface area contributed by atoms with E-state index in [-0.39, 0.29) is 17.1 Å². The van der Waals surface area contributed by atoms with E-state index in [9.17, 15) is 22.5 Å². The number of alkyl halides is 3. The molecule has 0 aliphatic carbocycles. The predicted molar refractivity (Wildman–Crippen MR) is 77.6 cm³/mol. The number of nitrogens with two attached hydrogens (primary N) is 1. The first kappa shape index (κ1) is 17.9. The molecule has 138 valence electrons. The quantitative estimate of drug-likeness (QED) is 0.556. The van der Waals surface area contributed by atoms with Gasteiger partial charge in [0.1, 0.15) is 11.9 Å². The molecule has 1 aliphatic rings. The lowest BCUT2D eigenvalue weighted by Crippen LogP contribution is -2.33. The second kappa shape index (κ2) is 5.53. The molecule has 1 saturated heterocycles. The van der Waals surface area contributed by atoms with Gasteiger partial charge in [0.2, 0.25) is 5.95 Å². The Bertz CT molecular complexity index is 926. The largest absolute Gasteiger partial charge is 0.394 e. The van der Waals surface area contributed by atoms with Gasteiger partial charge in [-0.15, -0.1) is 0 Å². The van der Waals surface area contributed by atoms with Crippen LogP contribution in [0, 0.1) is 0 Å². The number of aromatic amines is 1. The Hall–Kier alpha value is -1.95. The third-order valence-corrected chi connectivity index (χ3v) is 4.80. The van der Waals surface area contributed by atoms with Crippen molar-refractivity contribution < 1.29 is 32.3 Å². The molecule has 0 aromatic carbocycles. The van der Waals surface area contributed by atoms with Crippen LogP contribution in [-0.2, 0) is 9.30 Å². The lowest BCUT2D eigenvalue weighted by Gasteiger charge is -2.25. The number of H-pyrrole nitrogens is 1. The summed E-state index contributed by atoms with van der Waals surface area (Å²) in [6, 6.07) is 0. The molecule has 0 unspecified atom stereocenters. The average molecular weight is 383 g/mol. The minimum absolute atomic E-state index is 0.0303. The maximum Gasteiger partial charge on any atom is 0.394 e. The zero-order valence-corrected chi connectivity index (χ0v) is 13.3. The topological polar surface area (TPSA) is 156 Å². The number of fused-ring (bicyclic) bond motifs is 1. The van der Waals surface area contributed by atoms with Gasteiger partial charge in [-0.1, -0.05) is 0 Å². The molecule has 0 radical (unpaired) electrons. The molecule has 0 spiro atoms. The summed E-state index contributed by atoms with van der Waals surface area (Å²) >= 11 is 0. The van der Waals surface area contributed by atoms with Gasteiger partial charge in [-0.3, -0.25) is 18.9 Å². The van der Waals surface area contributed by atoms with Crippen LogP contribution in [0.3, 0.4) is 0 Å². The fourth-order valence-corrected chi connectivity index (χ4v) is 3.11. The van der Waals surface area contributed by atoms with Crippen LogP contribution in [0.5, 0.6) is 0 Å². The normalized spacial score (nSPS) is 24.9. The summed E-state index contributed by atoms with van der Waals surface area (Å²) in [6.07, 6.45) is -2.37. The lowest BCUT2D eigenvalue weighted by molar-refractivity contribution is -0.0159. The number of nitrogens with one attached hydrogen (secondary N) is 1. The molecule has 2 aromatic heterocycles. The van der Waals surface area contributed by atoms with Crippen LogP contribution < -0.4 is 11.3 Å². The van der Waals surface area contributed by atoms with Crippen molar-refractivity contribution in [3.05, 3.63) is 16.7 Å². The van der Waals surface area contributed by atoms with Crippen LogP contribution in [0.1, 0.15) is 19.1 Å². The third kappa shape index (κ3) is 3.15. The van der Waals surface area contributed by atoms with E-state index in [1.54, 1.807) is 0 Å². The van der Waals surface area contributed by atoms with E-state index in [0.717, 1.165) is 10.9 Å². The molecule has 3 heterocycles. The zero-order valence-electron chi connectivity index (χ0n) is 12.4. The smallest absolute Gasteiger partial charge is 0.369 e. The average Bonchev–Trinajstić information content (AvgIpc) is 3.00. The summed E-state index contributed by atoms with van der Waals surface area (Å²) < 4.78 is 58.7. The summed E-state index contributed by atoms with van der Waals surface area (Å²) in [5.74, 6) is -0.225. The Morgan fingerprint density at radius 2 is 2.24 bits per heavy atom. The standard InChI is InChI=1S/C11H13F3N5O5P/c12-10(2-11(13,14)25(21,22)23)1-5(24-3-10)19-4-16-6-7(19)17-9(15)18-8(6)20/h4-5H,1-3H2,(H2,21,22,23)(H3,15,17,18,20)/t5-,10-/m1/s1. The first-order chi connectivity index (χ1) is 11.4. The Balaban J connectivity index is 1.88. The number of anilines is 1. The number of nitrogens with zero attached hydrogens (tertiary/aromatic N) is 3. The molecule has 25 heavy (non-hydrogen) atoms. The maximum absolute atomic E-state index is 14.6. The minimum Gasteiger partial charge on any atom is -0.369 e. The second-order valence-corrected chi connectivity index (χ2v) is 7.52. The molecule has 0 bridgehead atoms. The van der Waals surface area contributed by atoms with Gasteiger partial charge in [-0.25, -0.2) is 9.37 Å². The van der Waals surface area contributed by atoms with Crippen molar-refractivity contribution in [1.29, 1.82) is 0 Å². The van der Waals surface area contributed by atoms with Gasteiger partial charge in [0.05, 0.1) is 19.4 Å². The van der Waals surface area contributed by atoms with Crippen LogP contribution in [-0.4, -0.2) is 47.2 Å². The molecule has 0 amide bonds. The van der Waals surface area contributed by atoms with Crippen molar-refractivity contribution in [2.24, 2.45) is 0 Å². The molecule has 1 fully saturated rings. The predicted octanol–water partition coefficient (Wildman–Crippen LogP) is 0.490. The SMILES string of the molecule is Nc1nc2c(ncn2[C@H]2C[C@@](F)(CC(F)(F)P(=O)(O)O)CO2)c(=O)[nH]1. The molecule has 0 saturated carbocycles. The van der Waals surface area contributed by atoms with Gasteiger partial charge in [-0.05, 0) is 0 Å². The van der Waals surface area contributed by atoms with E-state index in [4.69, 9.17) is 20.3 Å². The van der Waals surface area contributed by atoms with Crippen molar-refractivity contribution in [2.45, 2.75) is 30.4 Å². The Kier molecular flexibility index (Phi) is 3.95. The van der Waals surface area contributed by atoms with Gasteiger partial charge in [0.15, 0.2) is 11.2 Å². The van der Waals surface area contributed by atoms with Gasteiger partial charge in [-0.2, -0.15) is 13.8 Å². The van der Waals surface area contributed by atoms with E-state index >= 15 is 0 Å². The number of hydrogen-bond donors (Lipinski definition) is 4. The van der Waals surface area contributed by atoms with Gasteiger partial charge >= 0.3 is 13.3 Å². The summed E-state index contributed by atoms with van der Waals surface area (Å²) in [5.41, 5.74) is -2.56. The van der Waals surface area contributed by atoms with Gasteiger partial charge < -0.3 is 20.3 Å². The third-order valence-electron chi connectivity index (χ3n) is 3.79. The highest BCUT2D eigenvalue weighted by Gasteiger charge is 2.57. The van der Waals surface area contributed by atoms with Crippen molar-refractivity contribution in [3.63, 3.8) is 0 Å². The maximum atomic E-state index is 14.6. The van der Waals surface area contributed by atoms with Crippen LogP contribution >= 0.6 is 7.60 Å². The fraction of sp³-hybridized carbons (Fsp3) is 0.545. The summed E-state index contributed by atoms with van der Waals surface area (Å²) in [6.45, 7) is -0.814. The molecule has 3 rings (SSSR count). The molecule has 1 aliphatic heterocycles. The van der Waals surface area contributed by atoms with E-state index in [1.807, 2.05) is 0 Å². The van der Waals surface area contributed by atoms with Gasteiger partial charge in [0.25, 0.3) is 5.56 Å². The number of imidazole rings is 1. The molecular formula is C11H13F3N5O5P. The van der Waals surface area contributed by atoms with Gasteiger partial charge in [0, 0.05) is 6.42 Å². The highest BCUT2D eigenvalue weighted by atomic mass is 31.2. The Labute approximate surface area is 137 Å². The van der Waals surface area contributed by atoms with E-state index < -0.39 is 50.2 Å². The molecule has 5 N–H and O–H groups in total. The van der Waals surface area contributed by atoms with E-state index in [0.29, 0.717) is 0 Å². The Morgan fingerprint density at radius 3 is 2.88 bits per heavy atom.